The van der Waals surface area contributed by atoms with Gasteiger partial charge in [-0.1, -0.05) is 19.1 Å². The number of hydrogen-bond acceptors (Lipinski definition) is 4. The van der Waals surface area contributed by atoms with Gasteiger partial charge in [0.15, 0.2) is 9.84 Å². The summed E-state index contributed by atoms with van der Waals surface area (Å²) in [6, 6.07) is 7.39. The lowest BCUT2D eigenvalue weighted by molar-refractivity contribution is 0.393. The van der Waals surface area contributed by atoms with E-state index in [1.807, 2.05) is 19.2 Å². The van der Waals surface area contributed by atoms with E-state index in [1.165, 1.54) is 0 Å². The lowest BCUT2D eigenvalue weighted by Crippen LogP contribution is -2.37. The van der Waals surface area contributed by atoms with Crippen molar-refractivity contribution in [3.05, 3.63) is 24.3 Å². The highest BCUT2D eigenvalue weighted by atomic mass is 32.2. The predicted octanol–water partition coefficient (Wildman–Crippen LogP) is 1.92. The van der Waals surface area contributed by atoms with Crippen LogP contribution in [0.3, 0.4) is 0 Å². The number of benzene rings is 1. The van der Waals surface area contributed by atoms with Gasteiger partial charge in [-0.25, -0.2) is 8.42 Å². The summed E-state index contributed by atoms with van der Waals surface area (Å²) in [5, 5.41) is 3.22. The van der Waals surface area contributed by atoms with Gasteiger partial charge in [0.05, 0.1) is 16.3 Å². The number of rotatable bonds is 5. The van der Waals surface area contributed by atoms with Crippen LogP contribution in [0.4, 0.5) is 5.69 Å². The van der Waals surface area contributed by atoms with Crippen molar-refractivity contribution >= 4 is 15.5 Å². The van der Waals surface area contributed by atoms with Crippen LogP contribution >= 0.6 is 0 Å². The van der Waals surface area contributed by atoms with Crippen molar-refractivity contribution in [3.63, 3.8) is 0 Å². The van der Waals surface area contributed by atoms with E-state index in [0.717, 1.165) is 38.2 Å². The molecule has 0 spiro atoms. The second-order valence-corrected chi connectivity index (χ2v) is 7.61. The van der Waals surface area contributed by atoms with E-state index >= 15 is 0 Å². The van der Waals surface area contributed by atoms with E-state index in [2.05, 4.69) is 10.2 Å². The van der Waals surface area contributed by atoms with Gasteiger partial charge in [0, 0.05) is 13.1 Å². The molecule has 0 amide bonds. The largest absolute Gasteiger partial charge is 0.370 e. The average Bonchev–Trinajstić information content (AvgIpc) is 2.48. The number of hydrogen-bond donors (Lipinski definition) is 1. The molecule has 20 heavy (non-hydrogen) atoms. The molecule has 4 nitrogen and oxygen atoms in total. The standard InChI is InChI=1S/C15H24N2O2S/c1-3-20(18,19)15-7-5-4-6-14(15)17-10-8-13(9-11-17)12-16-2/h4-7,13,16H,3,8-12H2,1-2H3. The Morgan fingerprint density at radius 3 is 2.50 bits per heavy atom. The Morgan fingerprint density at radius 2 is 1.90 bits per heavy atom. The molecule has 1 saturated heterocycles. The first-order chi connectivity index (χ1) is 9.58. The third-order valence-electron chi connectivity index (χ3n) is 4.03. The van der Waals surface area contributed by atoms with Crippen LogP contribution in [0.25, 0.3) is 0 Å². The maximum absolute atomic E-state index is 12.2. The zero-order chi connectivity index (χ0) is 14.6. The van der Waals surface area contributed by atoms with Gasteiger partial charge >= 0.3 is 0 Å². The summed E-state index contributed by atoms with van der Waals surface area (Å²) in [5.41, 5.74) is 0.872. The van der Waals surface area contributed by atoms with Crippen LogP contribution in [0.5, 0.6) is 0 Å². The summed E-state index contributed by atoms with van der Waals surface area (Å²) in [6.07, 6.45) is 2.22. The van der Waals surface area contributed by atoms with Gasteiger partial charge in [-0.05, 0) is 44.5 Å². The van der Waals surface area contributed by atoms with Gasteiger partial charge in [0.25, 0.3) is 0 Å². The molecule has 1 fully saturated rings. The second-order valence-electron chi connectivity index (χ2n) is 5.36. The van der Waals surface area contributed by atoms with Crippen molar-refractivity contribution in [1.82, 2.24) is 5.32 Å². The van der Waals surface area contributed by atoms with Crippen LogP contribution in [0, 0.1) is 5.92 Å². The first kappa shape index (κ1) is 15.3. The van der Waals surface area contributed by atoms with E-state index in [-0.39, 0.29) is 5.75 Å². The zero-order valence-electron chi connectivity index (χ0n) is 12.3. The molecule has 1 aromatic carbocycles. The highest BCUT2D eigenvalue weighted by Gasteiger charge is 2.24. The van der Waals surface area contributed by atoms with E-state index in [0.29, 0.717) is 10.8 Å². The Bertz CT molecular complexity index is 535. The maximum Gasteiger partial charge on any atom is 0.180 e. The average molecular weight is 296 g/mol. The summed E-state index contributed by atoms with van der Waals surface area (Å²) >= 11 is 0. The van der Waals surface area contributed by atoms with Gasteiger partial charge in [-0.15, -0.1) is 0 Å². The molecule has 0 aromatic heterocycles. The highest BCUT2D eigenvalue weighted by molar-refractivity contribution is 7.91. The highest BCUT2D eigenvalue weighted by Crippen LogP contribution is 2.29. The molecule has 112 valence electrons. The second kappa shape index (κ2) is 6.59. The first-order valence-electron chi connectivity index (χ1n) is 7.29. The fraction of sp³-hybridized carbons (Fsp3) is 0.600. The number of sulfone groups is 1. The smallest absolute Gasteiger partial charge is 0.180 e. The minimum atomic E-state index is -3.16. The molecule has 2 rings (SSSR count). The van der Waals surface area contributed by atoms with E-state index < -0.39 is 9.84 Å². The van der Waals surface area contributed by atoms with Crippen LogP contribution in [0.1, 0.15) is 19.8 Å². The molecule has 0 unspecified atom stereocenters. The minimum Gasteiger partial charge on any atom is -0.370 e. The van der Waals surface area contributed by atoms with Crippen molar-refractivity contribution in [1.29, 1.82) is 0 Å². The van der Waals surface area contributed by atoms with Crippen LogP contribution in [0.15, 0.2) is 29.2 Å². The lowest BCUT2D eigenvalue weighted by Gasteiger charge is -2.34. The number of anilines is 1. The van der Waals surface area contributed by atoms with Crippen LogP contribution in [-0.2, 0) is 9.84 Å². The molecule has 0 aliphatic carbocycles. The molecule has 0 atom stereocenters. The molecule has 1 aliphatic rings. The quantitative estimate of drug-likeness (QED) is 0.902. The van der Waals surface area contributed by atoms with Crippen molar-refractivity contribution in [2.24, 2.45) is 5.92 Å². The fourth-order valence-corrected chi connectivity index (χ4v) is 3.92. The Hall–Kier alpha value is -1.07. The molecular weight excluding hydrogens is 272 g/mol. The fourth-order valence-electron chi connectivity index (χ4n) is 2.80. The van der Waals surface area contributed by atoms with Crippen LogP contribution in [0.2, 0.25) is 0 Å². The molecule has 1 aromatic rings. The van der Waals surface area contributed by atoms with Crippen molar-refractivity contribution in [2.45, 2.75) is 24.7 Å². The maximum atomic E-state index is 12.2. The summed E-state index contributed by atoms with van der Waals surface area (Å²) in [4.78, 5) is 2.70. The van der Waals surface area contributed by atoms with Gasteiger partial charge in [0.2, 0.25) is 0 Å². The zero-order valence-corrected chi connectivity index (χ0v) is 13.1. The number of piperidine rings is 1. The molecule has 0 radical (unpaired) electrons. The summed E-state index contributed by atoms with van der Waals surface area (Å²) in [6.45, 7) is 4.61. The van der Waals surface area contributed by atoms with Gasteiger partial charge in [0.1, 0.15) is 0 Å². The van der Waals surface area contributed by atoms with Crippen LogP contribution < -0.4 is 10.2 Å². The molecular formula is C15H24N2O2S. The van der Waals surface area contributed by atoms with E-state index in [4.69, 9.17) is 0 Å². The van der Waals surface area contributed by atoms with E-state index in [9.17, 15) is 8.42 Å². The van der Waals surface area contributed by atoms with Crippen LogP contribution in [-0.4, -0.2) is 40.9 Å². The molecule has 5 heteroatoms. The lowest BCUT2D eigenvalue weighted by atomic mass is 9.96. The Kier molecular flexibility index (Phi) is 5.05. The normalized spacial score (nSPS) is 17.4. The third-order valence-corrected chi connectivity index (χ3v) is 5.80. The number of nitrogens with zero attached hydrogens (tertiary/aromatic N) is 1. The van der Waals surface area contributed by atoms with E-state index in [1.54, 1.807) is 19.1 Å². The predicted molar refractivity (Wildman–Crippen MR) is 83.0 cm³/mol. The van der Waals surface area contributed by atoms with Gasteiger partial charge in [-0.2, -0.15) is 0 Å². The molecule has 1 aliphatic heterocycles. The molecule has 0 saturated carbocycles. The Morgan fingerprint density at radius 1 is 1.25 bits per heavy atom. The summed E-state index contributed by atoms with van der Waals surface area (Å²) in [5.74, 6) is 0.853. The van der Waals surface area contributed by atoms with Crippen molar-refractivity contribution < 1.29 is 8.42 Å². The van der Waals surface area contributed by atoms with Gasteiger partial charge < -0.3 is 10.2 Å². The molecule has 1 N–H and O–H groups in total. The molecule has 1 heterocycles. The Labute approximate surface area is 122 Å². The summed E-state index contributed by atoms with van der Waals surface area (Å²) < 4.78 is 24.4. The monoisotopic (exact) mass is 296 g/mol. The number of para-hydroxylation sites is 1. The third kappa shape index (κ3) is 3.33. The first-order valence-corrected chi connectivity index (χ1v) is 8.95. The van der Waals surface area contributed by atoms with Gasteiger partial charge in [-0.3, -0.25) is 0 Å². The topological polar surface area (TPSA) is 49.4 Å². The summed E-state index contributed by atoms with van der Waals surface area (Å²) in [7, 11) is -1.17. The number of nitrogens with one attached hydrogen (secondary N) is 1. The minimum absolute atomic E-state index is 0.153. The van der Waals surface area contributed by atoms with Crippen molar-refractivity contribution in [2.75, 3.05) is 37.3 Å². The van der Waals surface area contributed by atoms with Crippen molar-refractivity contribution in [3.8, 4) is 0 Å². The Balaban J connectivity index is 2.19. The molecule has 0 bridgehead atoms. The SMILES string of the molecule is CCS(=O)(=O)c1ccccc1N1CCC(CNC)CC1.